The minimum absolute atomic E-state index is 0.0139. The largest absolute Gasteiger partial charge is 0.463 e. The van der Waals surface area contributed by atoms with Gasteiger partial charge in [-0.15, -0.1) is 0 Å². The average molecular weight is 1110 g/mol. The van der Waals surface area contributed by atoms with E-state index < -0.39 is 133 Å². The first kappa shape index (κ1) is 66.2. The Bertz CT molecular complexity index is 2020. The first-order valence-electron chi connectivity index (χ1n) is 28.1. The van der Waals surface area contributed by atoms with Crippen molar-refractivity contribution in [3.05, 3.63) is 35.9 Å². The standard InChI is InChI=1S/C58H94N2O18/c1-16-46(64)75-44-32-48(66)70-36(4)27-29-60(28-23-19-22-26-42-24-20-18-21-25-42)34-45(73-39(7)61)35(3)30-43(31-49(67-13)68-14)51(54(44)69-15)55-56(74-40(8)62)52(59(11)12)53(37(5)72-55)77-50-33-58(10,78-41(9)63)57(38(6)71-50)76-47(65)17-2/h18,20-21,24-25,35-38,43-45,49-57H,16-17,19,22-23,26-34H2,1-15H3/t35-,36-,37-,38+,43-,44-,45+,50+,51+,52+,53-,54-,55+,56-,57+,58-/m1/s1. The third-order valence-electron chi connectivity index (χ3n) is 15.4. The van der Waals surface area contributed by atoms with Crippen LogP contribution in [0.25, 0.3) is 0 Å². The van der Waals surface area contributed by atoms with E-state index in [1.54, 1.807) is 27.7 Å². The summed E-state index contributed by atoms with van der Waals surface area (Å²) in [4.78, 5) is 83.9. The van der Waals surface area contributed by atoms with Crippen molar-refractivity contribution in [2.75, 3.05) is 55.1 Å². The smallest absolute Gasteiger partial charge is 0.309 e. The minimum atomic E-state index is -1.37. The Morgan fingerprint density at radius 1 is 0.782 bits per heavy atom. The number of benzene rings is 1. The number of cyclic esters (lactones) is 1. The van der Waals surface area contributed by atoms with Crippen molar-refractivity contribution in [1.82, 2.24) is 9.80 Å². The van der Waals surface area contributed by atoms with Gasteiger partial charge in [0.05, 0.1) is 24.7 Å². The maximum Gasteiger partial charge on any atom is 0.309 e. The van der Waals surface area contributed by atoms with Crippen LogP contribution < -0.4 is 0 Å². The lowest BCUT2D eigenvalue weighted by molar-refractivity contribution is -0.320. The first-order chi connectivity index (χ1) is 37.0. The molecule has 4 rings (SSSR count). The fourth-order valence-corrected chi connectivity index (χ4v) is 11.7. The topological polar surface area (TPSA) is 220 Å². The monoisotopic (exact) mass is 1110 g/mol. The summed E-state index contributed by atoms with van der Waals surface area (Å²) in [6.45, 7) is 18.0. The van der Waals surface area contributed by atoms with Crippen LogP contribution in [0.2, 0.25) is 0 Å². The maximum absolute atomic E-state index is 14.3. The lowest BCUT2D eigenvalue weighted by Crippen LogP contribution is -2.68. The second-order valence-electron chi connectivity index (χ2n) is 21.9. The van der Waals surface area contributed by atoms with Crippen LogP contribution in [0.4, 0.5) is 0 Å². The Hall–Kier alpha value is -4.28. The van der Waals surface area contributed by atoms with Crippen LogP contribution in [-0.4, -0.2) is 186 Å². The molecule has 20 nitrogen and oxygen atoms in total. The van der Waals surface area contributed by atoms with Crippen LogP contribution in [0, 0.1) is 17.8 Å². The molecule has 0 amide bonds. The first-order valence-corrected chi connectivity index (χ1v) is 28.1. The summed E-state index contributed by atoms with van der Waals surface area (Å²) in [6, 6.07) is 9.58. The van der Waals surface area contributed by atoms with Gasteiger partial charge in [-0.2, -0.15) is 0 Å². The molecule has 3 aliphatic rings. The molecule has 0 N–H and O–H groups in total. The molecule has 78 heavy (non-hydrogen) atoms. The van der Waals surface area contributed by atoms with E-state index in [4.69, 9.17) is 56.8 Å². The van der Waals surface area contributed by atoms with Crippen LogP contribution in [0.3, 0.4) is 0 Å². The van der Waals surface area contributed by atoms with Gasteiger partial charge in [0.1, 0.15) is 42.7 Å². The molecule has 16 atom stereocenters. The van der Waals surface area contributed by atoms with Crippen LogP contribution in [0.1, 0.15) is 139 Å². The van der Waals surface area contributed by atoms with E-state index >= 15 is 0 Å². The molecule has 0 radical (unpaired) electrons. The molecule has 3 fully saturated rings. The van der Waals surface area contributed by atoms with Gasteiger partial charge in [-0.05, 0) is 97.8 Å². The molecule has 0 saturated carbocycles. The Labute approximate surface area is 463 Å². The van der Waals surface area contributed by atoms with Gasteiger partial charge >= 0.3 is 35.8 Å². The Morgan fingerprint density at radius 3 is 2.03 bits per heavy atom. The molecule has 0 bridgehead atoms. The van der Waals surface area contributed by atoms with Crippen LogP contribution in [-0.2, 0) is 92.0 Å². The Morgan fingerprint density at radius 2 is 1.44 bits per heavy atom. The number of nitrogens with zero attached hydrogens (tertiary/aromatic N) is 2. The molecule has 1 aromatic carbocycles. The van der Waals surface area contributed by atoms with Crippen molar-refractivity contribution in [1.29, 1.82) is 0 Å². The third-order valence-corrected chi connectivity index (χ3v) is 15.4. The van der Waals surface area contributed by atoms with Crippen molar-refractivity contribution < 1.29 is 85.6 Å². The minimum Gasteiger partial charge on any atom is -0.463 e. The van der Waals surface area contributed by atoms with E-state index in [-0.39, 0.29) is 38.0 Å². The molecule has 3 heterocycles. The van der Waals surface area contributed by atoms with E-state index in [0.717, 1.165) is 25.7 Å². The average Bonchev–Trinajstić information content (AvgIpc) is 3.36. The molecule has 0 spiro atoms. The zero-order valence-electron chi connectivity index (χ0n) is 49.3. The third kappa shape index (κ3) is 19.8. The summed E-state index contributed by atoms with van der Waals surface area (Å²) in [5.74, 6) is -5.22. The van der Waals surface area contributed by atoms with Gasteiger partial charge in [0.25, 0.3) is 0 Å². The second kappa shape index (κ2) is 32.2. The van der Waals surface area contributed by atoms with Gasteiger partial charge < -0.3 is 61.7 Å². The number of ether oxygens (including phenoxy) is 12. The van der Waals surface area contributed by atoms with Gasteiger partial charge in [0.2, 0.25) is 0 Å². The van der Waals surface area contributed by atoms with Crippen LogP contribution in [0.15, 0.2) is 30.3 Å². The number of esters is 6. The van der Waals surface area contributed by atoms with Crippen molar-refractivity contribution in [2.45, 2.75) is 225 Å². The number of hydrogen-bond donors (Lipinski definition) is 0. The number of hydrogen-bond acceptors (Lipinski definition) is 20. The summed E-state index contributed by atoms with van der Waals surface area (Å²) >= 11 is 0. The zero-order chi connectivity index (χ0) is 57.9. The van der Waals surface area contributed by atoms with Gasteiger partial charge in [-0.1, -0.05) is 57.5 Å². The molecular formula is C58H94N2O18. The van der Waals surface area contributed by atoms with Gasteiger partial charge in [-0.3, -0.25) is 33.7 Å². The van der Waals surface area contributed by atoms with E-state index in [2.05, 4.69) is 17.0 Å². The summed E-state index contributed by atoms with van der Waals surface area (Å²) < 4.78 is 75.6. The van der Waals surface area contributed by atoms with E-state index in [1.807, 2.05) is 58.0 Å². The van der Waals surface area contributed by atoms with Crippen molar-refractivity contribution in [3.8, 4) is 0 Å². The van der Waals surface area contributed by atoms with Gasteiger partial charge in [-0.25, -0.2) is 0 Å². The summed E-state index contributed by atoms with van der Waals surface area (Å²) in [5.41, 5.74) is -0.0834. The highest BCUT2D eigenvalue weighted by Gasteiger charge is 2.58. The normalized spacial score (nSPS) is 32.7. The van der Waals surface area contributed by atoms with Crippen molar-refractivity contribution in [3.63, 3.8) is 0 Å². The van der Waals surface area contributed by atoms with E-state index in [1.165, 1.54) is 47.7 Å². The van der Waals surface area contributed by atoms with Crippen molar-refractivity contribution >= 4 is 35.8 Å². The van der Waals surface area contributed by atoms with Gasteiger partial charge in [0.15, 0.2) is 24.3 Å². The summed E-state index contributed by atoms with van der Waals surface area (Å²) in [7, 11) is 8.15. The van der Waals surface area contributed by atoms with Gasteiger partial charge in [0, 0.05) is 86.8 Å². The Balaban J connectivity index is 1.89. The second-order valence-corrected chi connectivity index (χ2v) is 21.9. The number of carbonyl (C=O) groups excluding carboxylic acids is 6. The molecule has 3 aliphatic heterocycles. The molecule has 444 valence electrons. The number of rotatable bonds is 22. The van der Waals surface area contributed by atoms with Crippen molar-refractivity contribution in [2.24, 2.45) is 17.8 Å². The number of carbonyl (C=O) groups is 6. The maximum atomic E-state index is 14.3. The highest BCUT2D eigenvalue weighted by atomic mass is 16.7. The van der Waals surface area contributed by atoms with Crippen LogP contribution >= 0.6 is 0 Å². The van der Waals surface area contributed by atoms with E-state index in [0.29, 0.717) is 32.5 Å². The number of aryl methyl sites for hydroxylation is 1. The number of likely N-dealkylation sites (N-methyl/N-ethyl adjacent to an activating group) is 1. The Kier molecular flexibility index (Phi) is 27.4. The molecular weight excluding hydrogens is 1010 g/mol. The summed E-state index contributed by atoms with van der Waals surface area (Å²) in [5, 5.41) is 0. The summed E-state index contributed by atoms with van der Waals surface area (Å²) in [6.07, 6.45) is -6.65. The number of unbranched alkanes of at least 4 members (excludes halogenated alkanes) is 2. The molecule has 0 unspecified atom stereocenters. The molecule has 3 saturated heterocycles. The lowest BCUT2D eigenvalue weighted by atomic mass is 9.70. The van der Waals surface area contributed by atoms with E-state index in [9.17, 15) is 28.8 Å². The lowest BCUT2D eigenvalue weighted by Gasteiger charge is -2.54. The predicted molar refractivity (Wildman–Crippen MR) is 286 cm³/mol. The highest BCUT2D eigenvalue weighted by Crippen LogP contribution is 2.44. The molecule has 0 aliphatic carbocycles. The quantitative estimate of drug-likeness (QED) is 0.0506. The highest BCUT2D eigenvalue weighted by molar-refractivity contribution is 5.73. The zero-order valence-corrected chi connectivity index (χ0v) is 49.3. The molecule has 0 aromatic heterocycles. The molecule has 20 heteroatoms. The fraction of sp³-hybridized carbons (Fsp3) is 0.793. The fourth-order valence-electron chi connectivity index (χ4n) is 11.7. The number of methoxy groups -OCH3 is 3. The molecule has 1 aromatic rings. The predicted octanol–water partition coefficient (Wildman–Crippen LogP) is 6.78. The SMILES string of the molecule is CCC(=O)O[C@@H]1CC(=O)O[C@H](C)CCN(CCCCCc2ccccc2)C[C@H](OC(C)=O)[C@H](C)C[C@H](CC(OC)OC)[C@H]([C@@H]2O[C@H](C)[C@@H](O[C@H]3C[C@@](C)(OC(C)=O)[C@@H](OC(=O)CC)[C@H](C)O3)[C@H](N(C)C)[C@H]2OC(C)=O)[C@@H]1OC. The van der Waals surface area contributed by atoms with Crippen LogP contribution in [0.5, 0.6) is 0 Å².